The molecule has 1 aliphatic rings. The van der Waals surface area contributed by atoms with Crippen LogP contribution in [0.25, 0.3) is 0 Å². The van der Waals surface area contributed by atoms with Gasteiger partial charge < -0.3 is 10.1 Å². The zero-order chi connectivity index (χ0) is 16.8. The molecular weight excluding hydrogens is 320 g/mol. The van der Waals surface area contributed by atoms with Crippen LogP contribution in [0.4, 0.5) is 4.79 Å². The molecule has 4 nitrogen and oxygen atoms in total. The van der Waals surface area contributed by atoms with Crippen molar-refractivity contribution in [3.8, 4) is 0 Å². The maximum absolute atomic E-state index is 12.2. The van der Waals surface area contributed by atoms with Crippen LogP contribution in [0.15, 0.2) is 60.7 Å². The predicted molar refractivity (Wildman–Crippen MR) is 97.9 cm³/mol. The largest absolute Gasteiger partial charge is 0.445 e. The second-order valence-corrected chi connectivity index (χ2v) is 6.67. The Morgan fingerprint density at radius 2 is 1.83 bits per heavy atom. The van der Waals surface area contributed by atoms with Crippen molar-refractivity contribution >= 4 is 18.7 Å². The van der Waals surface area contributed by atoms with Crippen molar-refractivity contribution in [2.45, 2.75) is 30.4 Å². The lowest BCUT2D eigenvalue weighted by Crippen LogP contribution is -2.58. The van der Waals surface area contributed by atoms with Crippen LogP contribution in [0, 0.1) is 0 Å². The number of carbonyl (C=O) groups is 1. The van der Waals surface area contributed by atoms with Gasteiger partial charge in [0.1, 0.15) is 11.5 Å². The van der Waals surface area contributed by atoms with E-state index in [1.165, 1.54) is 0 Å². The smallest absolute Gasteiger partial charge is 0.407 e. The molecule has 0 spiro atoms. The fraction of sp³-hybridized carbons (Fsp3) is 0.316. The Morgan fingerprint density at radius 3 is 2.54 bits per heavy atom. The van der Waals surface area contributed by atoms with Crippen LogP contribution in [0.2, 0.25) is 0 Å². The number of thiol groups is 1. The van der Waals surface area contributed by atoms with E-state index in [0.29, 0.717) is 0 Å². The van der Waals surface area contributed by atoms with Gasteiger partial charge in [-0.1, -0.05) is 60.7 Å². The normalized spacial score (nSPS) is 23.5. The molecule has 1 amide bonds. The first kappa shape index (κ1) is 16.9. The highest BCUT2D eigenvalue weighted by atomic mass is 32.1. The Bertz CT molecular complexity index is 666. The highest BCUT2D eigenvalue weighted by Gasteiger charge is 2.40. The van der Waals surface area contributed by atoms with E-state index >= 15 is 0 Å². The predicted octanol–water partition coefficient (Wildman–Crippen LogP) is 3.45. The lowest BCUT2D eigenvalue weighted by molar-refractivity contribution is 0.128. The number of alkyl carbamates (subject to hydrolysis) is 1. The van der Waals surface area contributed by atoms with Gasteiger partial charge in [0.05, 0.1) is 6.04 Å². The first-order valence-electron chi connectivity index (χ1n) is 8.18. The third-order valence-electron chi connectivity index (χ3n) is 4.29. The van der Waals surface area contributed by atoms with Gasteiger partial charge in [0.15, 0.2) is 0 Å². The van der Waals surface area contributed by atoms with Crippen molar-refractivity contribution in [1.29, 1.82) is 0 Å². The molecule has 2 N–H and O–H groups in total. The van der Waals surface area contributed by atoms with Gasteiger partial charge in [0.2, 0.25) is 0 Å². The minimum absolute atomic E-state index is 0.139. The van der Waals surface area contributed by atoms with Gasteiger partial charge in [-0.2, -0.15) is 12.6 Å². The Balaban J connectivity index is 1.64. The topological polar surface area (TPSA) is 50.4 Å². The summed E-state index contributed by atoms with van der Waals surface area (Å²) in [6.45, 7) is 1.13. The second kappa shape index (κ2) is 7.73. The minimum atomic E-state index is -0.592. The van der Waals surface area contributed by atoms with Crippen molar-refractivity contribution in [2.75, 3.05) is 6.54 Å². The lowest BCUT2D eigenvalue weighted by atomic mass is 9.91. The van der Waals surface area contributed by atoms with Gasteiger partial charge in [0.25, 0.3) is 0 Å². The van der Waals surface area contributed by atoms with E-state index in [2.05, 4.69) is 10.6 Å². The zero-order valence-corrected chi connectivity index (χ0v) is 14.3. The summed E-state index contributed by atoms with van der Waals surface area (Å²) in [6.07, 6.45) is 1.42. The van der Waals surface area contributed by atoms with E-state index in [-0.39, 0.29) is 12.6 Å². The Morgan fingerprint density at radius 1 is 1.17 bits per heavy atom. The van der Waals surface area contributed by atoms with E-state index in [1.807, 2.05) is 60.7 Å². The molecule has 1 fully saturated rings. The number of amides is 1. The molecule has 5 heteroatoms. The van der Waals surface area contributed by atoms with E-state index in [0.717, 1.165) is 30.5 Å². The summed E-state index contributed by atoms with van der Waals surface area (Å²) >= 11 is 4.87. The number of nitrogens with one attached hydrogen (secondary N) is 2. The molecule has 2 atom stereocenters. The molecule has 2 unspecified atom stereocenters. The average molecular weight is 342 g/mol. The quantitative estimate of drug-likeness (QED) is 0.746. The van der Waals surface area contributed by atoms with Crippen molar-refractivity contribution < 1.29 is 9.53 Å². The standard InChI is InChI=1S/C19H22N2O2S/c22-18(23-14-15-8-3-1-4-9-15)21-17-12-7-13-20-19(17,24)16-10-5-2-6-11-16/h1-6,8-11,17,20,24H,7,12-14H2,(H,21,22). The van der Waals surface area contributed by atoms with Crippen LogP contribution in [0.5, 0.6) is 0 Å². The number of hydrogen-bond donors (Lipinski definition) is 3. The summed E-state index contributed by atoms with van der Waals surface area (Å²) in [5.41, 5.74) is 2.01. The molecule has 1 heterocycles. The second-order valence-electron chi connectivity index (χ2n) is 5.96. The maximum Gasteiger partial charge on any atom is 0.407 e. The Kier molecular flexibility index (Phi) is 5.43. The van der Waals surface area contributed by atoms with Gasteiger partial charge >= 0.3 is 6.09 Å². The molecule has 2 aromatic carbocycles. The number of benzene rings is 2. The van der Waals surface area contributed by atoms with Crippen molar-refractivity contribution in [3.63, 3.8) is 0 Å². The molecule has 0 radical (unpaired) electrons. The van der Waals surface area contributed by atoms with Gasteiger partial charge in [-0.3, -0.25) is 5.32 Å². The van der Waals surface area contributed by atoms with Gasteiger partial charge in [-0.15, -0.1) is 0 Å². The Hall–Kier alpha value is -1.98. The van der Waals surface area contributed by atoms with E-state index in [4.69, 9.17) is 17.4 Å². The highest BCUT2D eigenvalue weighted by Crippen LogP contribution is 2.34. The van der Waals surface area contributed by atoms with Crippen LogP contribution in [-0.4, -0.2) is 18.7 Å². The molecule has 126 valence electrons. The van der Waals surface area contributed by atoms with Crippen molar-refractivity contribution in [2.24, 2.45) is 0 Å². The average Bonchev–Trinajstić information content (AvgIpc) is 2.64. The molecule has 1 aliphatic heterocycles. The van der Waals surface area contributed by atoms with Gasteiger partial charge in [-0.05, 0) is 30.5 Å². The summed E-state index contributed by atoms with van der Waals surface area (Å²) < 4.78 is 5.35. The van der Waals surface area contributed by atoms with Crippen LogP contribution >= 0.6 is 12.6 Å². The number of carbonyl (C=O) groups excluding carboxylic acids is 1. The molecule has 24 heavy (non-hydrogen) atoms. The fourth-order valence-corrected chi connectivity index (χ4v) is 3.45. The summed E-state index contributed by atoms with van der Waals surface area (Å²) in [5.74, 6) is 0. The molecule has 0 aliphatic carbocycles. The van der Waals surface area contributed by atoms with Crippen molar-refractivity contribution in [3.05, 3.63) is 71.8 Å². The summed E-state index contributed by atoms with van der Waals surface area (Å²) in [7, 11) is 0. The van der Waals surface area contributed by atoms with E-state index in [9.17, 15) is 4.79 Å². The Labute approximate surface area is 148 Å². The van der Waals surface area contributed by atoms with Crippen LogP contribution in [-0.2, 0) is 16.2 Å². The SMILES string of the molecule is O=C(NC1CCCNC1(S)c1ccccc1)OCc1ccccc1. The van der Waals surface area contributed by atoms with Crippen molar-refractivity contribution in [1.82, 2.24) is 10.6 Å². The minimum Gasteiger partial charge on any atom is -0.445 e. The third-order valence-corrected chi connectivity index (χ3v) is 5.02. The number of hydrogen-bond acceptors (Lipinski definition) is 4. The number of piperidine rings is 1. The monoisotopic (exact) mass is 342 g/mol. The maximum atomic E-state index is 12.2. The molecule has 0 bridgehead atoms. The van der Waals surface area contributed by atoms with E-state index < -0.39 is 11.0 Å². The van der Waals surface area contributed by atoms with Crippen LogP contribution < -0.4 is 10.6 Å². The summed E-state index contributed by atoms with van der Waals surface area (Å²) in [6, 6.07) is 19.5. The molecule has 0 aromatic heterocycles. The van der Waals surface area contributed by atoms with E-state index in [1.54, 1.807) is 0 Å². The number of rotatable bonds is 4. The fourth-order valence-electron chi connectivity index (χ4n) is 3.00. The van der Waals surface area contributed by atoms with Gasteiger partial charge in [-0.25, -0.2) is 4.79 Å². The highest BCUT2D eigenvalue weighted by molar-refractivity contribution is 7.81. The third kappa shape index (κ3) is 3.91. The lowest BCUT2D eigenvalue weighted by Gasteiger charge is -2.42. The first-order chi connectivity index (χ1) is 11.7. The zero-order valence-electron chi connectivity index (χ0n) is 13.4. The van der Waals surface area contributed by atoms with Gasteiger partial charge in [0, 0.05) is 0 Å². The number of ether oxygens (including phenoxy) is 1. The molecule has 1 saturated heterocycles. The molecule has 2 aromatic rings. The molecule has 3 rings (SSSR count). The van der Waals surface area contributed by atoms with Crippen LogP contribution in [0.1, 0.15) is 24.0 Å². The molecular formula is C19H22N2O2S. The summed E-state index contributed by atoms with van der Waals surface area (Å²) in [5, 5.41) is 6.41. The van der Waals surface area contributed by atoms with Crippen LogP contribution in [0.3, 0.4) is 0 Å². The summed E-state index contributed by atoms with van der Waals surface area (Å²) in [4.78, 5) is 11.6. The first-order valence-corrected chi connectivity index (χ1v) is 8.63. The molecule has 0 saturated carbocycles.